The van der Waals surface area contributed by atoms with Crippen LogP contribution in [0.15, 0.2) is 47.1 Å². The van der Waals surface area contributed by atoms with Crippen LogP contribution in [0.1, 0.15) is 34.8 Å². The van der Waals surface area contributed by atoms with Gasteiger partial charge in [-0.3, -0.25) is 14.4 Å². The summed E-state index contributed by atoms with van der Waals surface area (Å²) in [6.07, 6.45) is 1.41. The normalized spacial score (nSPS) is 10.3. The van der Waals surface area contributed by atoms with Crippen molar-refractivity contribution in [3.8, 4) is 0 Å². The molecule has 0 aliphatic rings. The quantitative estimate of drug-likeness (QED) is 0.752. The highest BCUT2D eigenvalue weighted by molar-refractivity contribution is 6.02. The maximum atomic E-state index is 12.0. The van der Waals surface area contributed by atoms with E-state index in [1.54, 1.807) is 36.4 Å². The number of hydrogen-bond donors (Lipinski definition) is 3. The molecule has 1 heterocycles. The van der Waals surface area contributed by atoms with Crippen LogP contribution < -0.4 is 16.0 Å². The lowest BCUT2D eigenvalue weighted by molar-refractivity contribution is -0.120. The first-order valence-corrected chi connectivity index (χ1v) is 7.48. The predicted octanol–water partition coefficient (Wildman–Crippen LogP) is 1.79. The fourth-order valence-electron chi connectivity index (χ4n) is 1.94. The minimum absolute atomic E-state index is 0.0199. The highest BCUT2D eigenvalue weighted by Gasteiger charge is 2.11. The lowest BCUT2D eigenvalue weighted by atomic mass is 10.2. The largest absolute Gasteiger partial charge is 0.459 e. The number of benzene rings is 1. The molecule has 126 valence electrons. The van der Waals surface area contributed by atoms with Crippen molar-refractivity contribution >= 4 is 23.4 Å². The molecule has 24 heavy (non-hydrogen) atoms. The summed E-state index contributed by atoms with van der Waals surface area (Å²) in [5.74, 6) is -0.783. The van der Waals surface area contributed by atoms with Crippen molar-refractivity contribution in [1.29, 1.82) is 0 Å². The number of rotatable bonds is 6. The lowest BCUT2D eigenvalue weighted by Crippen LogP contribution is -2.39. The third-order valence-corrected chi connectivity index (χ3v) is 3.01. The molecule has 0 fully saturated rings. The Labute approximate surface area is 139 Å². The van der Waals surface area contributed by atoms with Crippen LogP contribution in [0.5, 0.6) is 0 Å². The summed E-state index contributed by atoms with van der Waals surface area (Å²) in [6, 6.07) is 9.53. The number of nitrogens with one attached hydrogen (secondary N) is 3. The standard InChI is InChI=1S/C17H19N3O4/c1-11(2)19-15(21)10-18-16(22)12-5-7-13(8-6-12)20-17(23)14-4-3-9-24-14/h3-9,11H,10H2,1-2H3,(H,18,22)(H,19,21)(H,20,23). The van der Waals surface area contributed by atoms with Crippen LogP contribution in [0.3, 0.4) is 0 Å². The third kappa shape index (κ3) is 4.98. The molecular weight excluding hydrogens is 310 g/mol. The van der Waals surface area contributed by atoms with Crippen molar-refractivity contribution in [2.24, 2.45) is 0 Å². The van der Waals surface area contributed by atoms with Gasteiger partial charge in [0.2, 0.25) is 5.91 Å². The molecule has 7 nitrogen and oxygen atoms in total. The molecule has 3 amide bonds. The minimum Gasteiger partial charge on any atom is -0.459 e. The second-order valence-corrected chi connectivity index (χ2v) is 5.41. The fourth-order valence-corrected chi connectivity index (χ4v) is 1.94. The second kappa shape index (κ2) is 7.96. The van der Waals surface area contributed by atoms with Gasteiger partial charge in [-0.25, -0.2) is 0 Å². The Bertz CT molecular complexity index is 706. The van der Waals surface area contributed by atoms with Crippen LogP contribution in [-0.4, -0.2) is 30.3 Å². The van der Waals surface area contributed by atoms with Crippen LogP contribution in [0.25, 0.3) is 0 Å². The Morgan fingerprint density at radius 1 is 1.04 bits per heavy atom. The smallest absolute Gasteiger partial charge is 0.291 e. The molecule has 7 heteroatoms. The predicted molar refractivity (Wildman–Crippen MR) is 88.7 cm³/mol. The zero-order valence-electron chi connectivity index (χ0n) is 13.5. The van der Waals surface area contributed by atoms with E-state index < -0.39 is 0 Å². The van der Waals surface area contributed by atoms with Gasteiger partial charge in [0.15, 0.2) is 5.76 Å². The van der Waals surface area contributed by atoms with Gasteiger partial charge < -0.3 is 20.4 Å². The topological polar surface area (TPSA) is 100 Å². The third-order valence-electron chi connectivity index (χ3n) is 3.01. The van der Waals surface area contributed by atoms with E-state index in [9.17, 15) is 14.4 Å². The Morgan fingerprint density at radius 3 is 2.33 bits per heavy atom. The van der Waals surface area contributed by atoms with Crippen molar-refractivity contribution < 1.29 is 18.8 Å². The Hall–Kier alpha value is -3.09. The van der Waals surface area contributed by atoms with E-state index in [1.807, 2.05) is 13.8 Å². The molecule has 1 aromatic heterocycles. The van der Waals surface area contributed by atoms with Gasteiger partial charge in [0, 0.05) is 17.3 Å². The maximum Gasteiger partial charge on any atom is 0.291 e. The van der Waals surface area contributed by atoms with Crippen LogP contribution in [-0.2, 0) is 4.79 Å². The molecule has 0 atom stereocenters. The van der Waals surface area contributed by atoms with E-state index in [-0.39, 0.29) is 36.1 Å². The summed E-state index contributed by atoms with van der Waals surface area (Å²) >= 11 is 0. The molecule has 0 aliphatic carbocycles. The Kier molecular flexibility index (Phi) is 5.73. The van der Waals surface area contributed by atoms with Gasteiger partial charge in [0.25, 0.3) is 11.8 Å². The van der Waals surface area contributed by atoms with Crippen LogP contribution >= 0.6 is 0 Å². The van der Waals surface area contributed by atoms with E-state index in [0.717, 1.165) is 0 Å². The van der Waals surface area contributed by atoms with E-state index in [4.69, 9.17) is 4.42 Å². The maximum absolute atomic E-state index is 12.0. The average molecular weight is 329 g/mol. The zero-order valence-corrected chi connectivity index (χ0v) is 13.5. The van der Waals surface area contributed by atoms with Gasteiger partial charge in [-0.05, 0) is 50.2 Å². The highest BCUT2D eigenvalue weighted by atomic mass is 16.3. The van der Waals surface area contributed by atoms with Gasteiger partial charge >= 0.3 is 0 Å². The summed E-state index contributed by atoms with van der Waals surface area (Å²) < 4.78 is 5.00. The van der Waals surface area contributed by atoms with Crippen LogP contribution in [0, 0.1) is 0 Å². The van der Waals surface area contributed by atoms with Gasteiger partial charge in [-0.1, -0.05) is 0 Å². The summed E-state index contributed by atoms with van der Waals surface area (Å²) in [5.41, 5.74) is 0.925. The fraction of sp³-hybridized carbons (Fsp3) is 0.235. The summed E-state index contributed by atoms with van der Waals surface area (Å²) in [7, 11) is 0. The first-order chi connectivity index (χ1) is 11.5. The lowest BCUT2D eigenvalue weighted by Gasteiger charge is -2.09. The molecule has 2 rings (SSSR count). The number of amides is 3. The van der Waals surface area contributed by atoms with E-state index in [1.165, 1.54) is 6.26 Å². The molecule has 0 spiro atoms. The first-order valence-electron chi connectivity index (χ1n) is 7.48. The molecule has 0 unspecified atom stereocenters. The van der Waals surface area contributed by atoms with Crippen LogP contribution in [0.2, 0.25) is 0 Å². The SMILES string of the molecule is CC(C)NC(=O)CNC(=O)c1ccc(NC(=O)c2ccco2)cc1. The molecule has 0 aliphatic heterocycles. The van der Waals surface area contributed by atoms with Gasteiger partial charge in [0.1, 0.15) is 0 Å². The van der Waals surface area contributed by atoms with E-state index >= 15 is 0 Å². The van der Waals surface area contributed by atoms with Crippen molar-refractivity contribution in [1.82, 2.24) is 10.6 Å². The summed E-state index contributed by atoms with van der Waals surface area (Å²) in [5, 5.41) is 7.87. The molecule has 2 aromatic rings. The van der Waals surface area contributed by atoms with Gasteiger partial charge in [-0.15, -0.1) is 0 Å². The number of hydrogen-bond acceptors (Lipinski definition) is 4. The molecular formula is C17H19N3O4. The molecule has 0 radical (unpaired) electrons. The van der Waals surface area contributed by atoms with Crippen molar-refractivity contribution in [2.75, 3.05) is 11.9 Å². The number of carbonyl (C=O) groups is 3. The summed E-state index contributed by atoms with van der Waals surface area (Å²) in [4.78, 5) is 35.3. The van der Waals surface area contributed by atoms with Crippen molar-refractivity contribution in [3.05, 3.63) is 54.0 Å². The van der Waals surface area contributed by atoms with Crippen LogP contribution in [0.4, 0.5) is 5.69 Å². The van der Waals surface area contributed by atoms with E-state index in [0.29, 0.717) is 11.3 Å². The zero-order chi connectivity index (χ0) is 17.5. The van der Waals surface area contributed by atoms with Gasteiger partial charge in [0.05, 0.1) is 12.8 Å². The minimum atomic E-state index is -0.373. The Balaban J connectivity index is 1.88. The second-order valence-electron chi connectivity index (χ2n) is 5.41. The monoisotopic (exact) mass is 329 g/mol. The molecule has 0 saturated heterocycles. The van der Waals surface area contributed by atoms with Gasteiger partial charge in [-0.2, -0.15) is 0 Å². The highest BCUT2D eigenvalue weighted by Crippen LogP contribution is 2.11. The number of carbonyl (C=O) groups excluding carboxylic acids is 3. The molecule has 0 saturated carbocycles. The first kappa shape index (κ1) is 17.3. The Morgan fingerprint density at radius 2 is 1.75 bits per heavy atom. The summed E-state index contributed by atoms with van der Waals surface area (Å²) in [6.45, 7) is 3.60. The number of furan rings is 1. The van der Waals surface area contributed by atoms with Crippen molar-refractivity contribution in [3.63, 3.8) is 0 Å². The molecule has 1 aromatic carbocycles. The van der Waals surface area contributed by atoms with Crippen molar-refractivity contribution in [2.45, 2.75) is 19.9 Å². The average Bonchev–Trinajstić information content (AvgIpc) is 3.07. The van der Waals surface area contributed by atoms with E-state index in [2.05, 4.69) is 16.0 Å². The molecule has 0 bridgehead atoms. The number of anilines is 1. The molecule has 3 N–H and O–H groups in total.